The van der Waals surface area contributed by atoms with E-state index in [0.29, 0.717) is 11.8 Å². The second kappa shape index (κ2) is 7.45. The molecule has 4 heteroatoms. The van der Waals surface area contributed by atoms with Crippen molar-refractivity contribution in [1.29, 1.82) is 0 Å². The molecule has 0 bridgehead atoms. The zero-order chi connectivity index (χ0) is 17.2. The molecule has 1 aliphatic carbocycles. The second-order valence-corrected chi connectivity index (χ2v) is 8.24. The summed E-state index contributed by atoms with van der Waals surface area (Å²) >= 11 is 6.15. The molecule has 2 atom stereocenters. The van der Waals surface area contributed by atoms with Crippen molar-refractivity contribution in [3.8, 4) is 0 Å². The Morgan fingerprint density at radius 3 is 2.79 bits per heavy atom. The van der Waals surface area contributed by atoms with Gasteiger partial charge in [0.25, 0.3) is 0 Å². The molecule has 2 fully saturated rings. The molecule has 3 nitrogen and oxygen atoms in total. The van der Waals surface area contributed by atoms with Gasteiger partial charge in [0, 0.05) is 24.2 Å². The van der Waals surface area contributed by atoms with Gasteiger partial charge in [0.15, 0.2) is 0 Å². The van der Waals surface area contributed by atoms with E-state index in [9.17, 15) is 4.79 Å². The topological polar surface area (TPSA) is 46.3 Å². The van der Waals surface area contributed by atoms with Crippen LogP contribution < -0.4 is 5.73 Å². The van der Waals surface area contributed by atoms with E-state index >= 15 is 0 Å². The number of halogens is 1. The van der Waals surface area contributed by atoms with Crippen LogP contribution in [0.4, 0.5) is 0 Å². The molecular formula is C20H29ClN2O. The highest BCUT2D eigenvalue weighted by molar-refractivity contribution is 6.30. The molecule has 132 valence electrons. The summed E-state index contributed by atoms with van der Waals surface area (Å²) in [6.45, 7) is 3.78. The maximum Gasteiger partial charge on any atom is 0.229 e. The molecule has 2 unspecified atom stereocenters. The molecule has 1 amide bonds. The van der Waals surface area contributed by atoms with Crippen LogP contribution in [0.2, 0.25) is 5.02 Å². The summed E-state index contributed by atoms with van der Waals surface area (Å²) in [7, 11) is 0. The molecule has 24 heavy (non-hydrogen) atoms. The Hall–Kier alpha value is -1.06. The molecule has 0 spiro atoms. The van der Waals surface area contributed by atoms with Crippen LogP contribution in [0.3, 0.4) is 0 Å². The van der Waals surface area contributed by atoms with Crippen molar-refractivity contribution >= 4 is 17.5 Å². The van der Waals surface area contributed by atoms with Gasteiger partial charge >= 0.3 is 0 Å². The summed E-state index contributed by atoms with van der Waals surface area (Å²) < 4.78 is 0. The zero-order valence-corrected chi connectivity index (χ0v) is 15.4. The molecule has 1 saturated carbocycles. The third kappa shape index (κ3) is 3.78. The Bertz CT molecular complexity index is 581. The number of rotatable bonds is 4. The van der Waals surface area contributed by atoms with Gasteiger partial charge in [0.2, 0.25) is 5.91 Å². The minimum Gasteiger partial charge on any atom is -0.342 e. The summed E-state index contributed by atoms with van der Waals surface area (Å²) in [5, 5.41) is 0.753. The largest absolute Gasteiger partial charge is 0.342 e. The molecule has 1 heterocycles. The lowest BCUT2D eigenvalue weighted by Gasteiger charge is -2.40. The summed E-state index contributed by atoms with van der Waals surface area (Å²) in [5.74, 6) is 0.789. The van der Waals surface area contributed by atoms with Gasteiger partial charge in [0.05, 0.1) is 5.41 Å². The van der Waals surface area contributed by atoms with E-state index in [1.165, 1.54) is 5.56 Å². The maximum atomic E-state index is 13.4. The number of piperidine rings is 1. The number of nitrogens with two attached hydrogens (primary N) is 1. The van der Waals surface area contributed by atoms with Crippen LogP contribution in [0.25, 0.3) is 0 Å². The number of hydrogen-bond acceptors (Lipinski definition) is 2. The average molecular weight is 349 g/mol. The van der Waals surface area contributed by atoms with Crippen LogP contribution in [-0.2, 0) is 11.2 Å². The zero-order valence-electron chi connectivity index (χ0n) is 14.6. The van der Waals surface area contributed by atoms with Crippen LogP contribution in [0.5, 0.6) is 0 Å². The highest BCUT2D eigenvalue weighted by Crippen LogP contribution is 2.43. The molecule has 2 aliphatic rings. The van der Waals surface area contributed by atoms with Crippen molar-refractivity contribution in [2.45, 2.75) is 57.9 Å². The first kappa shape index (κ1) is 17.8. The predicted octanol–water partition coefficient (Wildman–Crippen LogP) is 4.03. The quantitative estimate of drug-likeness (QED) is 0.892. The van der Waals surface area contributed by atoms with Gasteiger partial charge in [-0.25, -0.2) is 0 Å². The number of likely N-dealkylation sites (tertiary alicyclic amines) is 1. The van der Waals surface area contributed by atoms with Gasteiger partial charge in [-0.2, -0.15) is 0 Å². The van der Waals surface area contributed by atoms with Crippen molar-refractivity contribution < 1.29 is 4.79 Å². The third-order valence-electron chi connectivity index (χ3n) is 5.93. The molecule has 0 aromatic heterocycles. The van der Waals surface area contributed by atoms with E-state index in [-0.39, 0.29) is 11.5 Å². The molecular weight excluding hydrogens is 320 g/mol. The van der Waals surface area contributed by atoms with E-state index in [2.05, 4.69) is 17.9 Å². The molecule has 1 aliphatic heterocycles. The minimum atomic E-state index is -0.232. The fourth-order valence-electron chi connectivity index (χ4n) is 4.51. The van der Waals surface area contributed by atoms with Gasteiger partial charge in [-0.1, -0.05) is 36.6 Å². The smallest absolute Gasteiger partial charge is 0.229 e. The first-order chi connectivity index (χ1) is 11.5. The van der Waals surface area contributed by atoms with Crippen LogP contribution in [0.15, 0.2) is 24.3 Å². The van der Waals surface area contributed by atoms with Gasteiger partial charge in [-0.3, -0.25) is 4.79 Å². The van der Waals surface area contributed by atoms with Crippen LogP contribution in [-0.4, -0.2) is 29.9 Å². The lowest BCUT2D eigenvalue weighted by Crippen LogP contribution is -2.50. The second-order valence-electron chi connectivity index (χ2n) is 7.81. The number of carbonyl (C=O) groups excluding carboxylic acids is 1. The van der Waals surface area contributed by atoms with Crippen LogP contribution >= 0.6 is 11.6 Å². The molecule has 3 rings (SSSR count). The average Bonchev–Trinajstić information content (AvgIpc) is 3.04. The van der Waals surface area contributed by atoms with Crippen molar-refractivity contribution in [3.63, 3.8) is 0 Å². The van der Waals surface area contributed by atoms with Crippen molar-refractivity contribution in [2.75, 3.05) is 13.1 Å². The molecule has 1 aromatic carbocycles. The van der Waals surface area contributed by atoms with E-state index < -0.39 is 0 Å². The number of nitrogens with zero attached hydrogens (tertiary/aromatic N) is 1. The lowest BCUT2D eigenvalue weighted by atomic mass is 9.77. The number of carbonyl (C=O) groups is 1. The highest BCUT2D eigenvalue weighted by atomic mass is 35.5. The van der Waals surface area contributed by atoms with Gasteiger partial charge in [-0.15, -0.1) is 0 Å². The van der Waals surface area contributed by atoms with E-state index in [1.807, 2.05) is 18.2 Å². The van der Waals surface area contributed by atoms with Crippen molar-refractivity contribution in [1.82, 2.24) is 4.90 Å². The fraction of sp³-hybridized carbons (Fsp3) is 0.650. The highest BCUT2D eigenvalue weighted by Gasteiger charge is 2.44. The normalized spacial score (nSPS) is 24.8. The Labute approximate surface area is 150 Å². The predicted molar refractivity (Wildman–Crippen MR) is 99.0 cm³/mol. The summed E-state index contributed by atoms with van der Waals surface area (Å²) in [4.78, 5) is 15.5. The van der Waals surface area contributed by atoms with E-state index in [0.717, 1.165) is 63.1 Å². The number of benzene rings is 1. The molecule has 2 N–H and O–H groups in total. The van der Waals surface area contributed by atoms with Crippen molar-refractivity contribution in [3.05, 3.63) is 34.9 Å². The SMILES string of the molecule is CC(N)C1CCCN(C(=O)C2(Cc3cccc(Cl)c3)CCCC2)C1. The Morgan fingerprint density at radius 2 is 2.12 bits per heavy atom. The van der Waals surface area contributed by atoms with Gasteiger partial charge in [0.1, 0.15) is 0 Å². The fourth-order valence-corrected chi connectivity index (χ4v) is 4.73. The summed E-state index contributed by atoms with van der Waals surface area (Å²) in [5.41, 5.74) is 7.05. The maximum absolute atomic E-state index is 13.4. The summed E-state index contributed by atoms with van der Waals surface area (Å²) in [6.07, 6.45) is 7.32. The Balaban J connectivity index is 1.78. The Kier molecular flexibility index (Phi) is 5.51. The monoisotopic (exact) mass is 348 g/mol. The molecule has 0 radical (unpaired) electrons. The van der Waals surface area contributed by atoms with E-state index in [1.54, 1.807) is 0 Å². The van der Waals surface area contributed by atoms with Gasteiger partial charge in [-0.05, 0) is 62.6 Å². The standard InChI is InChI=1S/C20H29ClN2O/c1-15(22)17-7-5-11-23(14-17)19(24)20(9-2-3-10-20)13-16-6-4-8-18(21)12-16/h4,6,8,12,15,17H,2-3,5,7,9-11,13-14,22H2,1H3. The molecule has 1 saturated heterocycles. The first-order valence-corrected chi connectivity index (χ1v) is 9.67. The van der Waals surface area contributed by atoms with Crippen LogP contribution in [0.1, 0.15) is 51.0 Å². The van der Waals surface area contributed by atoms with Crippen LogP contribution in [0, 0.1) is 11.3 Å². The Morgan fingerprint density at radius 1 is 1.38 bits per heavy atom. The third-order valence-corrected chi connectivity index (χ3v) is 6.17. The lowest BCUT2D eigenvalue weighted by molar-refractivity contribution is -0.144. The van der Waals surface area contributed by atoms with Gasteiger partial charge < -0.3 is 10.6 Å². The molecule has 1 aromatic rings. The van der Waals surface area contributed by atoms with E-state index in [4.69, 9.17) is 17.3 Å². The first-order valence-electron chi connectivity index (χ1n) is 9.30. The number of hydrogen-bond donors (Lipinski definition) is 1. The summed E-state index contributed by atoms with van der Waals surface area (Å²) in [6, 6.07) is 8.15. The number of amides is 1. The van der Waals surface area contributed by atoms with Crippen molar-refractivity contribution in [2.24, 2.45) is 17.1 Å². The minimum absolute atomic E-state index is 0.160.